The lowest BCUT2D eigenvalue weighted by Crippen LogP contribution is -2.46. The molecule has 1 fully saturated rings. The third-order valence-corrected chi connectivity index (χ3v) is 3.89. The van der Waals surface area contributed by atoms with E-state index in [0.717, 1.165) is 11.8 Å². The van der Waals surface area contributed by atoms with Gasteiger partial charge < -0.3 is 10.2 Å². The molecular formula is C12H26N2. The maximum Gasteiger partial charge on any atom is 0.0217 e. The van der Waals surface area contributed by atoms with E-state index in [2.05, 4.69) is 45.1 Å². The summed E-state index contributed by atoms with van der Waals surface area (Å²) in [4.78, 5) is 2.51. The molecule has 1 aliphatic carbocycles. The van der Waals surface area contributed by atoms with Crippen LogP contribution in [0.1, 0.15) is 33.6 Å². The summed E-state index contributed by atoms with van der Waals surface area (Å²) >= 11 is 0. The van der Waals surface area contributed by atoms with Gasteiger partial charge in [-0.1, -0.05) is 13.8 Å². The van der Waals surface area contributed by atoms with E-state index in [-0.39, 0.29) is 0 Å². The molecule has 0 aromatic heterocycles. The standard InChI is InChI=1S/C12H26N2/c1-6-12(13-4)10(3)14(5)8-11-7-9(11)2/h9-13H,6-8H2,1-5H3. The highest BCUT2D eigenvalue weighted by Gasteiger charge is 2.34. The van der Waals surface area contributed by atoms with E-state index in [0.29, 0.717) is 12.1 Å². The molecule has 0 radical (unpaired) electrons. The fourth-order valence-electron chi connectivity index (χ4n) is 2.28. The zero-order valence-electron chi connectivity index (χ0n) is 10.4. The zero-order chi connectivity index (χ0) is 10.7. The lowest BCUT2D eigenvalue weighted by Gasteiger charge is -2.31. The average molecular weight is 198 g/mol. The van der Waals surface area contributed by atoms with Gasteiger partial charge in [0.25, 0.3) is 0 Å². The summed E-state index contributed by atoms with van der Waals surface area (Å²) in [5, 5.41) is 3.40. The van der Waals surface area contributed by atoms with Gasteiger partial charge in [0.2, 0.25) is 0 Å². The van der Waals surface area contributed by atoms with Gasteiger partial charge >= 0.3 is 0 Å². The fraction of sp³-hybridized carbons (Fsp3) is 1.00. The molecule has 0 heterocycles. The number of hydrogen-bond acceptors (Lipinski definition) is 2. The fourth-order valence-corrected chi connectivity index (χ4v) is 2.28. The molecule has 2 nitrogen and oxygen atoms in total. The van der Waals surface area contributed by atoms with Crippen molar-refractivity contribution < 1.29 is 0 Å². The van der Waals surface area contributed by atoms with Crippen molar-refractivity contribution in [3.05, 3.63) is 0 Å². The molecule has 0 aliphatic heterocycles. The summed E-state index contributed by atoms with van der Waals surface area (Å²) in [6, 6.07) is 1.28. The van der Waals surface area contributed by atoms with Crippen LogP contribution in [0.15, 0.2) is 0 Å². The molecule has 1 aliphatic rings. The van der Waals surface area contributed by atoms with Crippen molar-refractivity contribution in [3.63, 3.8) is 0 Å². The highest BCUT2D eigenvalue weighted by Crippen LogP contribution is 2.38. The maximum absolute atomic E-state index is 3.40. The summed E-state index contributed by atoms with van der Waals surface area (Å²) in [5.74, 6) is 1.94. The van der Waals surface area contributed by atoms with Crippen LogP contribution in [0, 0.1) is 11.8 Å². The predicted octanol–water partition coefficient (Wildman–Crippen LogP) is 1.96. The topological polar surface area (TPSA) is 15.3 Å². The van der Waals surface area contributed by atoms with Crippen molar-refractivity contribution in [2.24, 2.45) is 11.8 Å². The highest BCUT2D eigenvalue weighted by atomic mass is 15.2. The molecule has 4 unspecified atom stereocenters. The number of likely N-dealkylation sites (N-methyl/N-ethyl adjacent to an activating group) is 2. The quantitative estimate of drug-likeness (QED) is 0.702. The summed E-state index contributed by atoms with van der Waals surface area (Å²) in [7, 11) is 4.33. The van der Waals surface area contributed by atoms with Gasteiger partial charge in [-0.3, -0.25) is 0 Å². The van der Waals surface area contributed by atoms with E-state index < -0.39 is 0 Å². The zero-order valence-corrected chi connectivity index (χ0v) is 10.4. The molecule has 1 N–H and O–H groups in total. The van der Waals surface area contributed by atoms with E-state index in [9.17, 15) is 0 Å². The van der Waals surface area contributed by atoms with Crippen molar-refractivity contribution in [1.82, 2.24) is 10.2 Å². The van der Waals surface area contributed by atoms with Crippen LogP contribution in [0.5, 0.6) is 0 Å². The molecule has 1 rings (SSSR count). The SMILES string of the molecule is CCC(NC)C(C)N(C)CC1CC1C. The van der Waals surface area contributed by atoms with Crippen LogP contribution >= 0.6 is 0 Å². The Morgan fingerprint density at radius 1 is 1.50 bits per heavy atom. The van der Waals surface area contributed by atoms with Gasteiger partial charge in [-0.05, 0) is 45.7 Å². The normalized spacial score (nSPS) is 30.4. The second kappa shape index (κ2) is 5.13. The van der Waals surface area contributed by atoms with Gasteiger partial charge in [0.1, 0.15) is 0 Å². The van der Waals surface area contributed by atoms with Gasteiger partial charge in [0.05, 0.1) is 0 Å². The Morgan fingerprint density at radius 3 is 2.43 bits per heavy atom. The van der Waals surface area contributed by atoms with Crippen LogP contribution in [0.2, 0.25) is 0 Å². The number of nitrogens with one attached hydrogen (secondary N) is 1. The molecular weight excluding hydrogens is 172 g/mol. The Balaban J connectivity index is 2.30. The summed E-state index contributed by atoms with van der Waals surface area (Å²) in [6.45, 7) is 8.22. The van der Waals surface area contributed by atoms with Crippen molar-refractivity contribution in [2.45, 2.75) is 45.7 Å². The third kappa shape index (κ3) is 2.96. The summed E-state index contributed by atoms with van der Waals surface area (Å²) in [5.41, 5.74) is 0. The number of hydrogen-bond donors (Lipinski definition) is 1. The lowest BCUT2D eigenvalue weighted by atomic mass is 10.1. The Kier molecular flexibility index (Phi) is 4.39. The second-order valence-corrected chi connectivity index (χ2v) is 4.96. The first-order valence-electron chi connectivity index (χ1n) is 5.97. The van der Waals surface area contributed by atoms with Crippen molar-refractivity contribution in [1.29, 1.82) is 0 Å². The average Bonchev–Trinajstić information content (AvgIpc) is 2.83. The van der Waals surface area contributed by atoms with Crippen molar-refractivity contribution >= 4 is 0 Å². The number of nitrogens with zero attached hydrogens (tertiary/aromatic N) is 1. The molecule has 0 bridgehead atoms. The first kappa shape index (κ1) is 12.0. The molecule has 0 spiro atoms. The lowest BCUT2D eigenvalue weighted by molar-refractivity contribution is 0.198. The maximum atomic E-state index is 3.40. The summed E-state index contributed by atoms with van der Waals surface area (Å²) in [6.07, 6.45) is 2.65. The first-order chi connectivity index (χ1) is 6.60. The molecule has 2 heteroatoms. The van der Waals surface area contributed by atoms with Gasteiger partial charge in [-0.25, -0.2) is 0 Å². The smallest absolute Gasteiger partial charge is 0.0217 e. The van der Waals surface area contributed by atoms with Crippen molar-refractivity contribution in [2.75, 3.05) is 20.6 Å². The Hall–Kier alpha value is -0.0800. The van der Waals surface area contributed by atoms with Crippen LogP contribution in [0.4, 0.5) is 0 Å². The van der Waals surface area contributed by atoms with E-state index in [1.165, 1.54) is 19.4 Å². The van der Waals surface area contributed by atoms with Crippen molar-refractivity contribution in [3.8, 4) is 0 Å². The van der Waals surface area contributed by atoms with Crippen LogP contribution < -0.4 is 5.32 Å². The molecule has 0 aromatic carbocycles. The molecule has 14 heavy (non-hydrogen) atoms. The molecule has 0 amide bonds. The molecule has 0 aromatic rings. The van der Waals surface area contributed by atoms with Crippen LogP contribution in [-0.2, 0) is 0 Å². The highest BCUT2D eigenvalue weighted by molar-refractivity contribution is 4.87. The van der Waals surface area contributed by atoms with Gasteiger partial charge in [0.15, 0.2) is 0 Å². The molecule has 0 saturated heterocycles. The Bertz CT molecular complexity index is 166. The Morgan fingerprint density at radius 2 is 2.07 bits per heavy atom. The third-order valence-electron chi connectivity index (χ3n) is 3.89. The van der Waals surface area contributed by atoms with Gasteiger partial charge in [-0.15, -0.1) is 0 Å². The second-order valence-electron chi connectivity index (χ2n) is 4.96. The minimum atomic E-state index is 0.633. The van der Waals surface area contributed by atoms with Crippen LogP contribution in [0.25, 0.3) is 0 Å². The predicted molar refractivity (Wildman–Crippen MR) is 62.5 cm³/mol. The molecule has 84 valence electrons. The monoisotopic (exact) mass is 198 g/mol. The molecule has 4 atom stereocenters. The van der Waals surface area contributed by atoms with E-state index in [4.69, 9.17) is 0 Å². The van der Waals surface area contributed by atoms with E-state index in [1.807, 2.05) is 0 Å². The summed E-state index contributed by atoms with van der Waals surface area (Å²) < 4.78 is 0. The van der Waals surface area contributed by atoms with Gasteiger partial charge in [0, 0.05) is 18.6 Å². The number of rotatable bonds is 6. The van der Waals surface area contributed by atoms with Gasteiger partial charge in [-0.2, -0.15) is 0 Å². The van der Waals surface area contributed by atoms with Crippen LogP contribution in [-0.4, -0.2) is 37.6 Å². The minimum absolute atomic E-state index is 0.633. The minimum Gasteiger partial charge on any atom is -0.315 e. The van der Waals surface area contributed by atoms with Crippen LogP contribution in [0.3, 0.4) is 0 Å². The first-order valence-corrected chi connectivity index (χ1v) is 5.97. The van der Waals surface area contributed by atoms with E-state index in [1.54, 1.807) is 0 Å². The Labute approximate surface area is 89.1 Å². The molecule has 1 saturated carbocycles. The van der Waals surface area contributed by atoms with E-state index >= 15 is 0 Å². The largest absolute Gasteiger partial charge is 0.315 e.